The largest absolute Gasteiger partial charge is 0.395 e. The van der Waals surface area contributed by atoms with Crippen molar-refractivity contribution in [3.8, 4) is 11.3 Å². The number of ether oxygens (including phenoxy) is 1. The van der Waals surface area contributed by atoms with Crippen molar-refractivity contribution in [1.29, 1.82) is 0 Å². The van der Waals surface area contributed by atoms with Gasteiger partial charge in [-0.15, -0.1) is 11.3 Å². The normalized spacial score (nSPS) is 18.3. The van der Waals surface area contributed by atoms with Crippen LogP contribution in [0.4, 0.5) is 5.95 Å². The van der Waals surface area contributed by atoms with E-state index in [0.717, 1.165) is 85.3 Å². The first-order valence-corrected chi connectivity index (χ1v) is 12.9. The van der Waals surface area contributed by atoms with Gasteiger partial charge in [0.1, 0.15) is 0 Å². The van der Waals surface area contributed by atoms with E-state index < -0.39 is 0 Å². The number of nitrogens with zero attached hydrogens (tertiary/aromatic N) is 5. The Labute approximate surface area is 202 Å². The number of aromatic amines is 1. The molecular formula is C25H30N6O2S. The molecule has 1 aromatic carbocycles. The Bertz CT molecular complexity index is 1270. The highest BCUT2D eigenvalue weighted by Gasteiger charge is 2.23. The number of aliphatic hydroxyl groups is 1. The fourth-order valence-corrected chi connectivity index (χ4v) is 6.00. The Morgan fingerprint density at radius 2 is 1.82 bits per heavy atom. The van der Waals surface area contributed by atoms with Crippen molar-refractivity contribution in [3.05, 3.63) is 41.4 Å². The number of piperazine rings is 1. The van der Waals surface area contributed by atoms with Crippen LogP contribution in [0.2, 0.25) is 0 Å². The fraction of sp³-hybridized carbons (Fsp3) is 0.440. The maximum Gasteiger partial charge on any atom is 0.226 e. The number of thiophene rings is 1. The van der Waals surface area contributed by atoms with Crippen molar-refractivity contribution < 1.29 is 9.84 Å². The first-order chi connectivity index (χ1) is 16.8. The molecule has 4 aromatic rings. The van der Waals surface area contributed by atoms with E-state index in [0.29, 0.717) is 13.2 Å². The number of aliphatic hydroxyl groups excluding tert-OH is 1. The molecular weight excluding hydrogens is 448 g/mol. The molecule has 0 amide bonds. The Kier molecular flexibility index (Phi) is 6.19. The molecule has 0 spiro atoms. The summed E-state index contributed by atoms with van der Waals surface area (Å²) in [6, 6.07) is 8.50. The molecule has 34 heavy (non-hydrogen) atoms. The van der Waals surface area contributed by atoms with Crippen LogP contribution in [0.15, 0.2) is 35.8 Å². The molecule has 2 aliphatic heterocycles. The minimum Gasteiger partial charge on any atom is -0.395 e. The van der Waals surface area contributed by atoms with Crippen LogP contribution in [0.25, 0.3) is 32.4 Å². The molecule has 3 aromatic heterocycles. The Morgan fingerprint density at radius 1 is 1.00 bits per heavy atom. The van der Waals surface area contributed by atoms with Crippen LogP contribution in [0.3, 0.4) is 0 Å². The number of anilines is 1. The summed E-state index contributed by atoms with van der Waals surface area (Å²) in [5.74, 6) is 0.797. The van der Waals surface area contributed by atoms with Crippen LogP contribution < -0.4 is 4.90 Å². The molecule has 178 valence electrons. The lowest BCUT2D eigenvalue weighted by Crippen LogP contribution is -2.46. The lowest BCUT2D eigenvalue weighted by molar-refractivity contribution is 0.109. The summed E-state index contributed by atoms with van der Waals surface area (Å²) in [4.78, 5) is 20.7. The number of rotatable bonds is 6. The molecule has 0 unspecified atom stereocenters. The zero-order valence-corrected chi connectivity index (χ0v) is 20.1. The second-order valence-electron chi connectivity index (χ2n) is 9.00. The summed E-state index contributed by atoms with van der Waals surface area (Å²) in [5.41, 5.74) is 5.62. The van der Waals surface area contributed by atoms with Gasteiger partial charge in [-0.05, 0) is 17.5 Å². The number of benzene rings is 1. The second kappa shape index (κ2) is 9.59. The van der Waals surface area contributed by atoms with Gasteiger partial charge >= 0.3 is 0 Å². The number of β-amino-alcohol motifs (C(OH)–C–C–N with tert-alkyl or cyclic N) is 1. The molecule has 2 fully saturated rings. The van der Waals surface area contributed by atoms with Gasteiger partial charge in [0.15, 0.2) is 0 Å². The predicted octanol–water partition coefficient (Wildman–Crippen LogP) is 2.79. The quantitative estimate of drug-likeness (QED) is 0.441. The van der Waals surface area contributed by atoms with Crippen molar-refractivity contribution in [2.45, 2.75) is 6.54 Å². The number of fused-ring (bicyclic) bond motifs is 2. The highest BCUT2D eigenvalue weighted by atomic mass is 32.1. The molecule has 5 heterocycles. The second-order valence-corrected chi connectivity index (χ2v) is 9.88. The van der Waals surface area contributed by atoms with E-state index in [1.807, 2.05) is 6.20 Å². The number of hydrogen-bond acceptors (Lipinski definition) is 8. The lowest BCUT2D eigenvalue weighted by atomic mass is 10.1. The number of H-pyrrole nitrogens is 1. The Hall–Kier alpha value is -2.56. The van der Waals surface area contributed by atoms with E-state index in [9.17, 15) is 5.11 Å². The van der Waals surface area contributed by atoms with E-state index in [-0.39, 0.29) is 6.61 Å². The Balaban J connectivity index is 1.40. The molecule has 9 heteroatoms. The highest BCUT2D eigenvalue weighted by Crippen LogP contribution is 2.38. The van der Waals surface area contributed by atoms with Gasteiger partial charge in [-0.1, -0.05) is 12.1 Å². The molecule has 2 aliphatic rings. The maximum absolute atomic E-state index is 9.23. The van der Waals surface area contributed by atoms with Crippen LogP contribution >= 0.6 is 11.3 Å². The van der Waals surface area contributed by atoms with Crippen LogP contribution in [-0.2, 0) is 11.3 Å². The van der Waals surface area contributed by atoms with Gasteiger partial charge < -0.3 is 19.7 Å². The average Bonchev–Trinajstić information content (AvgIpc) is 3.53. The fourth-order valence-electron chi connectivity index (χ4n) is 5.00. The zero-order chi connectivity index (χ0) is 22.9. The Morgan fingerprint density at radius 3 is 2.65 bits per heavy atom. The van der Waals surface area contributed by atoms with Crippen molar-refractivity contribution in [3.63, 3.8) is 0 Å². The van der Waals surface area contributed by atoms with Gasteiger partial charge in [-0.3, -0.25) is 9.80 Å². The third-order valence-corrected chi connectivity index (χ3v) is 7.92. The van der Waals surface area contributed by atoms with E-state index in [2.05, 4.69) is 49.3 Å². The molecule has 0 saturated carbocycles. The van der Waals surface area contributed by atoms with Gasteiger partial charge in [0.2, 0.25) is 5.95 Å². The molecule has 8 nitrogen and oxygen atoms in total. The van der Waals surface area contributed by atoms with Crippen molar-refractivity contribution in [1.82, 2.24) is 24.8 Å². The van der Waals surface area contributed by atoms with Gasteiger partial charge in [0.05, 0.1) is 35.7 Å². The van der Waals surface area contributed by atoms with Crippen molar-refractivity contribution in [2.24, 2.45) is 0 Å². The summed E-state index contributed by atoms with van der Waals surface area (Å²) in [6.07, 6.45) is 1.99. The zero-order valence-electron chi connectivity index (χ0n) is 19.2. The average molecular weight is 479 g/mol. The summed E-state index contributed by atoms with van der Waals surface area (Å²) in [7, 11) is 0. The molecule has 2 N–H and O–H groups in total. The standard InChI is InChI=1S/C25H30N6O2S/c32-13-10-29-6-8-30(9-7-29)16-18-17-34-24-22(18)27-25(31-11-14-33-15-12-31)28-23(24)20-2-1-3-21-19(20)4-5-26-21/h1-5,17,26,32H,6-16H2. The molecule has 0 aliphatic carbocycles. The minimum atomic E-state index is 0.229. The van der Waals surface area contributed by atoms with E-state index in [1.54, 1.807) is 11.3 Å². The first kappa shape index (κ1) is 21.9. The molecule has 0 bridgehead atoms. The monoisotopic (exact) mass is 478 g/mol. The predicted molar refractivity (Wildman–Crippen MR) is 137 cm³/mol. The van der Waals surface area contributed by atoms with Gasteiger partial charge in [0, 0.05) is 80.6 Å². The number of nitrogens with one attached hydrogen (secondary N) is 1. The van der Waals surface area contributed by atoms with Crippen LogP contribution in [-0.4, -0.2) is 95.5 Å². The number of aromatic nitrogens is 3. The van der Waals surface area contributed by atoms with Crippen LogP contribution in [0.1, 0.15) is 5.56 Å². The van der Waals surface area contributed by atoms with E-state index in [4.69, 9.17) is 14.7 Å². The summed E-state index contributed by atoms with van der Waals surface area (Å²) >= 11 is 1.75. The van der Waals surface area contributed by atoms with Crippen molar-refractivity contribution >= 4 is 38.4 Å². The van der Waals surface area contributed by atoms with E-state index in [1.165, 1.54) is 10.9 Å². The maximum atomic E-state index is 9.23. The van der Waals surface area contributed by atoms with Crippen LogP contribution in [0, 0.1) is 0 Å². The molecule has 0 atom stereocenters. The third-order valence-electron chi connectivity index (χ3n) is 6.90. The highest BCUT2D eigenvalue weighted by molar-refractivity contribution is 7.17. The minimum absolute atomic E-state index is 0.229. The topological polar surface area (TPSA) is 80.8 Å². The number of hydrogen-bond donors (Lipinski definition) is 2. The summed E-state index contributed by atoms with van der Waals surface area (Å²) in [6.45, 7) is 8.93. The lowest BCUT2D eigenvalue weighted by Gasteiger charge is -2.34. The summed E-state index contributed by atoms with van der Waals surface area (Å²) in [5, 5.41) is 12.7. The molecule has 6 rings (SSSR count). The number of morpholine rings is 1. The van der Waals surface area contributed by atoms with E-state index >= 15 is 0 Å². The van der Waals surface area contributed by atoms with Gasteiger partial charge in [-0.2, -0.15) is 0 Å². The van der Waals surface area contributed by atoms with Crippen molar-refractivity contribution in [2.75, 3.05) is 70.5 Å². The SMILES string of the molecule is OCCN1CCN(Cc2csc3c(-c4cccc5[nH]ccc45)nc(N4CCOCC4)nc23)CC1. The first-order valence-electron chi connectivity index (χ1n) is 12.0. The van der Waals surface area contributed by atoms with Gasteiger partial charge in [-0.25, -0.2) is 9.97 Å². The van der Waals surface area contributed by atoms with Gasteiger partial charge in [0.25, 0.3) is 0 Å². The third kappa shape index (κ3) is 4.18. The molecule has 2 saturated heterocycles. The molecule has 0 radical (unpaired) electrons. The summed E-state index contributed by atoms with van der Waals surface area (Å²) < 4.78 is 6.73. The smallest absolute Gasteiger partial charge is 0.226 e. The van der Waals surface area contributed by atoms with Crippen LogP contribution in [0.5, 0.6) is 0 Å².